The molecule has 7 nitrogen and oxygen atoms in total. The molecule has 10 heteroatoms. The lowest BCUT2D eigenvalue weighted by Crippen LogP contribution is -2.42. The minimum absolute atomic E-state index is 0.0300. The highest BCUT2D eigenvalue weighted by Crippen LogP contribution is 2.34. The van der Waals surface area contributed by atoms with Gasteiger partial charge in [-0.3, -0.25) is 0 Å². The van der Waals surface area contributed by atoms with E-state index in [1.165, 1.54) is 33.4 Å². The SMILES string of the molecule is CO[Si](C)(CCCOc1ccc(C(C)(C)c2ccc(C)cc2)cc1)OC.CO[Si](CCCSCCCOc1ccc(C(C)(C)c2ccc(C)cc2)cc1)(OC)OC. The quantitative estimate of drug-likeness (QED) is 0.0541. The lowest BCUT2D eigenvalue weighted by atomic mass is 9.78. The van der Waals surface area contributed by atoms with Crippen LogP contribution in [-0.2, 0) is 33.0 Å². The fourth-order valence-electron chi connectivity index (χ4n) is 6.48. The average molecular weight is 835 g/mol. The summed E-state index contributed by atoms with van der Waals surface area (Å²) in [6, 6.07) is 36.3. The van der Waals surface area contributed by atoms with Crippen molar-refractivity contribution in [1.29, 1.82) is 0 Å². The zero-order valence-electron chi connectivity index (χ0n) is 36.9. The smallest absolute Gasteiger partial charge is 0.494 e. The zero-order chi connectivity index (χ0) is 42.0. The Labute approximate surface area is 351 Å². The molecule has 0 atom stereocenters. The molecule has 0 fully saturated rings. The maximum Gasteiger partial charge on any atom is 0.500 e. The summed E-state index contributed by atoms with van der Waals surface area (Å²) in [5.41, 5.74) is 7.74. The standard InChI is InChI=1S/C25H38O4SSi.C22H32O3Si/c1-21-9-11-22(12-10-21)25(2,3)23-13-15-24(16-14-23)29-17-7-18-30-19-8-20-31(26-4,27-5)28-6;1-18-8-10-19(11-9-18)22(2,3)20-12-14-21(15-13-20)25-16-7-17-26(6,23-4)24-5/h9-16H,7-8,17-20H2,1-6H3;8-15H,7,16-17H2,1-6H3. The van der Waals surface area contributed by atoms with Gasteiger partial charge >= 0.3 is 17.4 Å². The van der Waals surface area contributed by atoms with Gasteiger partial charge in [0.15, 0.2) is 0 Å². The molecule has 0 aliphatic rings. The van der Waals surface area contributed by atoms with E-state index in [1.807, 2.05) is 11.8 Å². The molecule has 0 radical (unpaired) electrons. The molecular weight excluding hydrogens is 765 g/mol. The molecule has 0 saturated carbocycles. The molecule has 57 heavy (non-hydrogen) atoms. The van der Waals surface area contributed by atoms with E-state index in [4.69, 9.17) is 31.6 Å². The first-order valence-electron chi connectivity index (χ1n) is 20.1. The van der Waals surface area contributed by atoms with Gasteiger partial charge in [0.1, 0.15) is 11.5 Å². The van der Waals surface area contributed by atoms with Crippen LogP contribution < -0.4 is 9.47 Å². The van der Waals surface area contributed by atoms with Gasteiger partial charge in [0.2, 0.25) is 0 Å². The van der Waals surface area contributed by atoms with Crippen LogP contribution in [0.2, 0.25) is 18.6 Å². The van der Waals surface area contributed by atoms with E-state index in [0.29, 0.717) is 6.61 Å². The Morgan fingerprint density at radius 1 is 0.456 bits per heavy atom. The summed E-state index contributed by atoms with van der Waals surface area (Å²) >= 11 is 1.94. The van der Waals surface area contributed by atoms with Crippen LogP contribution in [0.1, 0.15) is 80.3 Å². The van der Waals surface area contributed by atoms with Crippen molar-refractivity contribution < 1.29 is 31.6 Å². The summed E-state index contributed by atoms with van der Waals surface area (Å²) in [6.07, 6.45) is 3.00. The summed E-state index contributed by atoms with van der Waals surface area (Å²) in [5.74, 6) is 4.00. The first-order valence-corrected chi connectivity index (χ1v) is 25.7. The van der Waals surface area contributed by atoms with E-state index in [0.717, 1.165) is 61.0 Å². The third-order valence-corrected chi connectivity index (χ3v) is 18.0. The van der Waals surface area contributed by atoms with Crippen LogP contribution >= 0.6 is 11.8 Å². The second kappa shape index (κ2) is 23.6. The Kier molecular flexibility index (Phi) is 20.1. The van der Waals surface area contributed by atoms with Gasteiger partial charge in [-0.25, -0.2) is 0 Å². The minimum atomic E-state index is -2.42. The third-order valence-electron chi connectivity index (χ3n) is 11.0. The zero-order valence-corrected chi connectivity index (χ0v) is 39.7. The van der Waals surface area contributed by atoms with Gasteiger partial charge in [-0.05, 0) is 104 Å². The van der Waals surface area contributed by atoms with Crippen LogP contribution in [0.3, 0.4) is 0 Å². The molecule has 0 saturated heterocycles. The third kappa shape index (κ3) is 15.0. The van der Waals surface area contributed by atoms with E-state index in [9.17, 15) is 0 Å². The fourth-order valence-corrected chi connectivity index (χ4v) is 10.7. The summed E-state index contributed by atoms with van der Waals surface area (Å²) in [5, 5.41) is 0. The molecule has 0 N–H and O–H groups in total. The van der Waals surface area contributed by atoms with Gasteiger partial charge in [0, 0.05) is 52.4 Å². The number of hydrogen-bond acceptors (Lipinski definition) is 8. The first kappa shape index (κ1) is 48.4. The fraction of sp³-hybridized carbons (Fsp3) is 0.489. The van der Waals surface area contributed by atoms with Crippen molar-refractivity contribution in [3.63, 3.8) is 0 Å². The van der Waals surface area contributed by atoms with E-state index >= 15 is 0 Å². The molecule has 0 heterocycles. The number of aryl methyl sites for hydroxylation is 2. The van der Waals surface area contributed by atoms with Crippen molar-refractivity contribution in [3.05, 3.63) is 130 Å². The normalized spacial score (nSPS) is 12.2. The summed E-state index contributed by atoms with van der Waals surface area (Å²) in [4.78, 5) is 0. The number of hydrogen-bond donors (Lipinski definition) is 0. The summed E-state index contributed by atoms with van der Waals surface area (Å²) < 4.78 is 39.2. The van der Waals surface area contributed by atoms with Crippen molar-refractivity contribution in [2.24, 2.45) is 0 Å². The molecule has 4 rings (SSSR count). The number of rotatable bonds is 23. The molecular formula is C47H70O7SSi2. The lowest BCUT2D eigenvalue weighted by Gasteiger charge is -2.26. The molecule has 314 valence electrons. The molecule has 0 aromatic heterocycles. The van der Waals surface area contributed by atoms with E-state index in [2.05, 4.69) is 145 Å². The highest BCUT2D eigenvalue weighted by atomic mass is 32.2. The van der Waals surface area contributed by atoms with Crippen LogP contribution in [-0.4, -0.2) is 77.6 Å². The monoisotopic (exact) mass is 834 g/mol. The van der Waals surface area contributed by atoms with Crippen LogP contribution in [0.5, 0.6) is 11.5 Å². The maximum absolute atomic E-state index is 5.94. The molecule has 0 amide bonds. The van der Waals surface area contributed by atoms with E-state index in [-0.39, 0.29) is 10.8 Å². The van der Waals surface area contributed by atoms with Gasteiger partial charge in [0.05, 0.1) is 13.2 Å². The van der Waals surface area contributed by atoms with Gasteiger partial charge in [0.25, 0.3) is 0 Å². The topological polar surface area (TPSA) is 64.6 Å². The van der Waals surface area contributed by atoms with Crippen LogP contribution in [0, 0.1) is 13.8 Å². The Morgan fingerprint density at radius 3 is 1.18 bits per heavy atom. The second-order valence-electron chi connectivity index (χ2n) is 15.7. The molecule has 0 unspecified atom stereocenters. The van der Waals surface area contributed by atoms with Gasteiger partial charge < -0.3 is 31.6 Å². The van der Waals surface area contributed by atoms with Crippen molar-refractivity contribution in [1.82, 2.24) is 0 Å². The Hall–Kier alpha value is -2.94. The molecule has 0 aliphatic carbocycles. The summed E-state index contributed by atoms with van der Waals surface area (Å²) in [7, 11) is 4.05. The summed E-state index contributed by atoms with van der Waals surface area (Å²) in [6.45, 7) is 16.8. The van der Waals surface area contributed by atoms with Gasteiger partial charge in [-0.2, -0.15) is 11.8 Å². The van der Waals surface area contributed by atoms with Crippen molar-refractivity contribution in [3.8, 4) is 11.5 Å². The largest absolute Gasteiger partial charge is 0.500 e. The molecule has 4 aromatic rings. The Balaban J connectivity index is 0.000000310. The number of thioether (sulfide) groups is 1. The molecule has 0 spiro atoms. The number of ether oxygens (including phenoxy) is 2. The van der Waals surface area contributed by atoms with Gasteiger partial charge in [-0.1, -0.05) is 112 Å². The van der Waals surface area contributed by atoms with Crippen LogP contribution in [0.4, 0.5) is 0 Å². The number of benzene rings is 4. The van der Waals surface area contributed by atoms with Crippen molar-refractivity contribution >= 4 is 29.1 Å². The Morgan fingerprint density at radius 2 is 0.807 bits per heavy atom. The predicted octanol–water partition coefficient (Wildman–Crippen LogP) is 11.5. The van der Waals surface area contributed by atoms with Crippen LogP contribution in [0.15, 0.2) is 97.1 Å². The van der Waals surface area contributed by atoms with E-state index < -0.39 is 17.4 Å². The lowest BCUT2D eigenvalue weighted by molar-refractivity contribution is 0.123. The van der Waals surface area contributed by atoms with E-state index in [1.54, 1.807) is 35.5 Å². The Bertz CT molecular complexity index is 1680. The highest BCUT2D eigenvalue weighted by Gasteiger charge is 2.36. The first-order chi connectivity index (χ1) is 27.2. The van der Waals surface area contributed by atoms with Crippen molar-refractivity contribution in [2.75, 3.05) is 60.3 Å². The average Bonchev–Trinajstić information content (AvgIpc) is 3.23. The molecule has 0 aliphatic heterocycles. The second-order valence-corrected chi connectivity index (χ2v) is 23.6. The minimum Gasteiger partial charge on any atom is -0.494 e. The molecule has 0 bridgehead atoms. The van der Waals surface area contributed by atoms with Gasteiger partial charge in [-0.15, -0.1) is 0 Å². The maximum atomic E-state index is 5.94. The van der Waals surface area contributed by atoms with Crippen molar-refractivity contribution in [2.45, 2.75) is 90.3 Å². The van der Waals surface area contributed by atoms with Crippen LogP contribution in [0.25, 0.3) is 0 Å². The molecule has 4 aromatic carbocycles. The predicted molar refractivity (Wildman–Crippen MR) is 244 cm³/mol. The highest BCUT2D eigenvalue weighted by molar-refractivity contribution is 7.99.